The second-order valence-electron chi connectivity index (χ2n) is 6.15. The van der Waals surface area contributed by atoms with Crippen LogP contribution in [0.4, 0.5) is 0 Å². The van der Waals surface area contributed by atoms with Crippen molar-refractivity contribution in [3.05, 3.63) is 94.0 Å². The highest BCUT2D eigenvalue weighted by Crippen LogP contribution is 2.28. The summed E-state index contributed by atoms with van der Waals surface area (Å²) >= 11 is 6.00. The van der Waals surface area contributed by atoms with Crippen molar-refractivity contribution in [3.63, 3.8) is 0 Å². The minimum atomic E-state index is -0.403. The molecule has 1 N–H and O–H groups in total. The van der Waals surface area contributed by atoms with Gasteiger partial charge in [0.2, 0.25) is 0 Å². The molecule has 3 aromatic rings. The first-order valence-corrected chi connectivity index (χ1v) is 9.37. The second kappa shape index (κ2) is 10.1. The lowest BCUT2D eigenvalue weighted by molar-refractivity contribution is 0.0955. The van der Waals surface area contributed by atoms with Crippen LogP contribution in [-0.4, -0.2) is 19.2 Å². The Morgan fingerprint density at radius 3 is 2.67 bits per heavy atom. The topological polar surface area (TPSA) is 83.7 Å². The van der Waals surface area contributed by atoms with Gasteiger partial charge in [0.1, 0.15) is 6.61 Å². The van der Waals surface area contributed by atoms with Crippen LogP contribution in [0.15, 0.2) is 71.8 Å². The molecular weight excluding hydrogens is 402 g/mol. The highest BCUT2D eigenvalue weighted by atomic mass is 35.5. The first kappa shape index (κ1) is 20.9. The molecule has 0 saturated heterocycles. The van der Waals surface area contributed by atoms with Crippen LogP contribution in [0, 0.1) is 11.3 Å². The van der Waals surface area contributed by atoms with E-state index in [4.69, 9.17) is 21.1 Å². The number of carbonyl (C=O) groups is 1. The van der Waals surface area contributed by atoms with Crippen molar-refractivity contribution < 1.29 is 14.3 Å². The zero-order chi connectivity index (χ0) is 21.3. The molecular formula is C23H18ClN3O3. The summed E-state index contributed by atoms with van der Waals surface area (Å²) < 4.78 is 11.2. The second-order valence-corrected chi connectivity index (χ2v) is 6.55. The molecule has 3 aromatic carbocycles. The zero-order valence-corrected chi connectivity index (χ0v) is 16.9. The number of nitrogens with one attached hydrogen (secondary N) is 1. The van der Waals surface area contributed by atoms with Crippen LogP contribution < -0.4 is 14.9 Å². The van der Waals surface area contributed by atoms with Gasteiger partial charge in [-0.25, -0.2) is 5.43 Å². The van der Waals surface area contributed by atoms with Gasteiger partial charge >= 0.3 is 0 Å². The molecule has 0 fully saturated rings. The van der Waals surface area contributed by atoms with E-state index in [1.54, 1.807) is 54.6 Å². The van der Waals surface area contributed by atoms with Crippen LogP contribution in [0.25, 0.3) is 0 Å². The molecule has 30 heavy (non-hydrogen) atoms. The third-order valence-corrected chi connectivity index (χ3v) is 4.54. The molecule has 6 nitrogen and oxygen atoms in total. The number of rotatable bonds is 7. The summed E-state index contributed by atoms with van der Waals surface area (Å²) in [5.41, 5.74) is 4.84. The predicted octanol–water partition coefficient (Wildman–Crippen LogP) is 4.56. The quantitative estimate of drug-likeness (QED) is 0.449. The number of ether oxygens (including phenoxy) is 2. The summed E-state index contributed by atoms with van der Waals surface area (Å²) in [5.74, 6) is 0.633. The molecule has 0 radical (unpaired) electrons. The SMILES string of the molecule is COc1cc(/C=N\NC(=O)c2ccccc2Cl)ccc1OCc1ccccc1C#N. The lowest BCUT2D eigenvalue weighted by atomic mass is 10.1. The van der Waals surface area contributed by atoms with E-state index in [1.165, 1.54) is 13.3 Å². The van der Waals surface area contributed by atoms with Crippen LogP contribution in [0.2, 0.25) is 5.02 Å². The predicted molar refractivity (Wildman–Crippen MR) is 115 cm³/mol. The van der Waals surface area contributed by atoms with Crippen molar-refractivity contribution >= 4 is 23.7 Å². The van der Waals surface area contributed by atoms with Crippen LogP contribution in [0.1, 0.15) is 27.0 Å². The maximum atomic E-state index is 12.1. The van der Waals surface area contributed by atoms with E-state index in [9.17, 15) is 10.1 Å². The van der Waals surface area contributed by atoms with E-state index in [1.807, 2.05) is 12.1 Å². The van der Waals surface area contributed by atoms with Gasteiger partial charge in [-0.3, -0.25) is 4.79 Å². The van der Waals surface area contributed by atoms with Crippen molar-refractivity contribution in [2.75, 3.05) is 7.11 Å². The van der Waals surface area contributed by atoms with Gasteiger partial charge in [-0.05, 0) is 42.0 Å². The van der Waals surface area contributed by atoms with E-state index in [0.29, 0.717) is 33.2 Å². The molecule has 0 unspecified atom stereocenters. The molecule has 0 aliphatic rings. The molecule has 0 bridgehead atoms. The highest BCUT2D eigenvalue weighted by Gasteiger charge is 2.09. The summed E-state index contributed by atoms with van der Waals surface area (Å²) in [6.07, 6.45) is 1.49. The van der Waals surface area contributed by atoms with Gasteiger partial charge in [-0.15, -0.1) is 0 Å². The normalized spacial score (nSPS) is 10.4. The molecule has 0 saturated carbocycles. The van der Waals surface area contributed by atoms with Crippen molar-refractivity contribution in [1.29, 1.82) is 5.26 Å². The molecule has 0 spiro atoms. The molecule has 3 rings (SSSR count). The minimum Gasteiger partial charge on any atom is -0.493 e. The summed E-state index contributed by atoms with van der Waals surface area (Å²) in [6.45, 7) is 0.238. The molecule has 0 atom stereocenters. The molecule has 1 amide bonds. The number of carbonyl (C=O) groups excluding carboxylic acids is 1. The summed E-state index contributed by atoms with van der Waals surface area (Å²) in [6, 6.07) is 21.4. The molecule has 0 aliphatic heterocycles. The summed E-state index contributed by atoms with van der Waals surface area (Å²) in [4.78, 5) is 12.1. The number of nitrogens with zero attached hydrogens (tertiary/aromatic N) is 2. The lowest BCUT2D eigenvalue weighted by Crippen LogP contribution is -2.17. The number of hydrogen-bond acceptors (Lipinski definition) is 5. The van der Waals surface area contributed by atoms with Gasteiger partial charge in [0.05, 0.1) is 35.5 Å². The largest absolute Gasteiger partial charge is 0.493 e. The Kier molecular flexibility index (Phi) is 7.04. The molecule has 0 heterocycles. The molecule has 0 aliphatic carbocycles. The van der Waals surface area contributed by atoms with Gasteiger partial charge in [0, 0.05) is 5.56 Å². The van der Waals surface area contributed by atoms with Crippen molar-refractivity contribution in [3.8, 4) is 17.6 Å². The average Bonchev–Trinajstić information content (AvgIpc) is 2.78. The third-order valence-electron chi connectivity index (χ3n) is 4.21. The molecule has 0 aromatic heterocycles. The number of hydrazone groups is 1. The number of amides is 1. The van der Waals surface area contributed by atoms with Gasteiger partial charge in [-0.1, -0.05) is 41.9 Å². The lowest BCUT2D eigenvalue weighted by Gasteiger charge is -2.12. The Bertz CT molecular complexity index is 1120. The average molecular weight is 420 g/mol. The highest BCUT2D eigenvalue weighted by molar-refractivity contribution is 6.33. The number of halogens is 1. The van der Waals surface area contributed by atoms with E-state index in [2.05, 4.69) is 16.6 Å². The maximum Gasteiger partial charge on any atom is 0.272 e. The van der Waals surface area contributed by atoms with Gasteiger partial charge in [0.15, 0.2) is 11.5 Å². The number of methoxy groups -OCH3 is 1. The fourth-order valence-corrected chi connectivity index (χ4v) is 2.89. The Morgan fingerprint density at radius 1 is 1.13 bits per heavy atom. The Labute approximate surface area is 179 Å². The number of nitriles is 1. The van der Waals surface area contributed by atoms with Gasteiger partial charge in [-0.2, -0.15) is 10.4 Å². The number of hydrogen-bond donors (Lipinski definition) is 1. The first-order valence-electron chi connectivity index (χ1n) is 8.99. The minimum absolute atomic E-state index is 0.238. The van der Waals surface area contributed by atoms with Crippen LogP contribution >= 0.6 is 11.6 Å². The van der Waals surface area contributed by atoms with E-state index >= 15 is 0 Å². The molecule has 7 heteroatoms. The van der Waals surface area contributed by atoms with Crippen LogP contribution in [0.3, 0.4) is 0 Å². The maximum absolute atomic E-state index is 12.1. The number of benzene rings is 3. The summed E-state index contributed by atoms with van der Waals surface area (Å²) in [7, 11) is 1.53. The van der Waals surface area contributed by atoms with Gasteiger partial charge in [0.25, 0.3) is 5.91 Å². The van der Waals surface area contributed by atoms with Crippen LogP contribution in [-0.2, 0) is 6.61 Å². The van der Waals surface area contributed by atoms with Crippen LogP contribution in [0.5, 0.6) is 11.5 Å². The van der Waals surface area contributed by atoms with Crippen molar-refractivity contribution in [2.24, 2.45) is 5.10 Å². The Morgan fingerprint density at radius 2 is 1.90 bits per heavy atom. The smallest absolute Gasteiger partial charge is 0.272 e. The van der Waals surface area contributed by atoms with E-state index in [0.717, 1.165) is 5.56 Å². The standard InChI is InChI=1S/C23H18ClN3O3/c1-29-22-12-16(14-26-27-23(28)19-8-4-5-9-20(19)24)10-11-21(22)30-15-18-7-3-2-6-17(18)13-25/h2-12,14H,15H2,1H3,(H,27,28)/b26-14-. The monoisotopic (exact) mass is 419 g/mol. The fourth-order valence-electron chi connectivity index (χ4n) is 2.67. The first-order chi connectivity index (χ1) is 14.6. The zero-order valence-electron chi connectivity index (χ0n) is 16.1. The molecule has 150 valence electrons. The van der Waals surface area contributed by atoms with E-state index < -0.39 is 5.91 Å². The van der Waals surface area contributed by atoms with Crippen molar-refractivity contribution in [2.45, 2.75) is 6.61 Å². The van der Waals surface area contributed by atoms with E-state index in [-0.39, 0.29) is 6.61 Å². The Balaban J connectivity index is 1.66. The van der Waals surface area contributed by atoms with Gasteiger partial charge < -0.3 is 9.47 Å². The summed E-state index contributed by atoms with van der Waals surface area (Å²) in [5, 5.41) is 13.5. The fraction of sp³-hybridized carbons (Fsp3) is 0.0870. The van der Waals surface area contributed by atoms with Crippen molar-refractivity contribution in [1.82, 2.24) is 5.43 Å². The Hall–Kier alpha value is -3.82. The third kappa shape index (κ3) is 5.16.